The van der Waals surface area contributed by atoms with Crippen LogP contribution < -0.4 is 0 Å². The Balaban J connectivity index is 1.99. The first-order valence-electron chi connectivity index (χ1n) is 4.70. The van der Waals surface area contributed by atoms with Gasteiger partial charge in [0.1, 0.15) is 0 Å². The summed E-state index contributed by atoms with van der Waals surface area (Å²) in [4.78, 5) is 0. The summed E-state index contributed by atoms with van der Waals surface area (Å²) >= 11 is 0. The molecule has 0 aromatic rings. The summed E-state index contributed by atoms with van der Waals surface area (Å²) < 4.78 is 28.0. The zero-order valence-corrected chi connectivity index (χ0v) is 7.70. The highest BCUT2D eigenvalue weighted by Gasteiger charge is 2.80. The van der Waals surface area contributed by atoms with Gasteiger partial charge in [-0.3, -0.25) is 0 Å². The smallest absolute Gasteiger partial charge is 0.273 e. The summed E-state index contributed by atoms with van der Waals surface area (Å²) in [5.41, 5.74) is 0. The van der Waals surface area contributed by atoms with Crippen LogP contribution in [0.25, 0.3) is 0 Å². The lowest BCUT2D eigenvalue weighted by Gasteiger charge is -2.31. The molecule has 4 aliphatic rings. The Labute approximate surface area is 76.0 Å². The molecule has 0 aromatic carbocycles. The van der Waals surface area contributed by atoms with E-state index in [1.807, 2.05) is 0 Å². The van der Waals surface area contributed by atoms with Gasteiger partial charge in [-0.2, -0.15) is 8.42 Å². The molecule has 4 nitrogen and oxygen atoms in total. The van der Waals surface area contributed by atoms with Gasteiger partial charge in [0, 0.05) is 12.3 Å². The standard InChI is InChI=1S/C8H10O4S/c9-8-2-4-5(13(10,11)12-8)1-3-6(4)7(3)8/h3-7,9H,1-2H2. The fourth-order valence-electron chi connectivity index (χ4n) is 4.04. The van der Waals surface area contributed by atoms with Crippen molar-refractivity contribution in [1.29, 1.82) is 0 Å². The lowest BCUT2D eigenvalue weighted by Crippen LogP contribution is -2.43. The van der Waals surface area contributed by atoms with Crippen LogP contribution in [0.3, 0.4) is 0 Å². The zero-order valence-electron chi connectivity index (χ0n) is 6.88. The highest BCUT2D eigenvalue weighted by Crippen LogP contribution is 2.75. The van der Waals surface area contributed by atoms with Gasteiger partial charge < -0.3 is 5.11 Å². The van der Waals surface area contributed by atoms with E-state index in [1.54, 1.807) is 0 Å². The number of hydrogen-bond acceptors (Lipinski definition) is 4. The number of rotatable bonds is 0. The second kappa shape index (κ2) is 1.57. The molecule has 3 aliphatic carbocycles. The molecule has 1 saturated heterocycles. The summed E-state index contributed by atoms with van der Waals surface area (Å²) in [6, 6.07) is 0. The Morgan fingerprint density at radius 1 is 1.38 bits per heavy atom. The third-order valence-electron chi connectivity index (χ3n) is 4.39. The van der Waals surface area contributed by atoms with Crippen LogP contribution >= 0.6 is 0 Å². The van der Waals surface area contributed by atoms with Crippen LogP contribution in [0.15, 0.2) is 0 Å². The lowest BCUT2D eigenvalue weighted by atomic mass is 10.0. The highest BCUT2D eigenvalue weighted by molar-refractivity contribution is 7.87. The van der Waals surface area contributed by atoms with Crippen molar-refractivity contribution < 1.29 is 17.7 Å². The summed E-state index contributed by atoms with van der Waals surface area (Å²) in [7, 11) is -3.46. The molecule has 2 bridgehead atoms. The van der Waals surface area contributed by atoms with Crippen LogP contribution in [0, 0.1) is 23.7 Å². The van der Waals surface area contributed by atoms with Gasteiger partial charge in [0.2, 0.25) is 0 Å². The van der Waals surface area contributed by atoms with Gasteiger partial charge in [-0.15, -0.1) is 0 Å². The van der Waals surface area contributed by atoms with Crippen molar-refractivity contribution in [2.75, 3.05) is 0 Å². The van der Waals surface area contributed by atoms with E-state index in [9.17, 15) is 13.5 Å². The first-order chi connectivity index (χ1) is 6.03. The van der Waals surface area contributed by atoms with Crippen LogP contribution in [0.1, 0.15) is 12.8 Å². The molecule has 3 saturated carbocycles. The minimum absolute atomic E-state index is 0.131. The molecule has 0 spiro atoms. The largest absolute Gasteiger partial charge is 0.364 e. The summed E-state index contributed by atoms with van der Waals surface area (Å²) in [5.74, 6) is -0.102. The molecular weight excluding hydrogens is 192 g/mol. The highest BCUT2D eigenvalue weighted by atomic mass is 32.2. The third kappa shape index (κ3) is 0.574. The second-order valence-corrected chi connectivity index (χ2v) is 6.59. The average molecular weight is 202 g/mol. The molecule has 6 unspecified atom stereocenters. The molecule has 0 amide bonds. The van der Waals surface area contributed by atoms with Crippen LogP contribution in [0.5, 0.6) is 0 Å². The molecule has 1 aliphatic heterocycles. The van der Waals surface area contributed by atoms with Gasteiger partial charge >= 0.3 is 0 Å². The summed E-state index contributed by atoms with van der Waals surface area (Å²) in [6.07, 6.45) is 1.27. The van der Waals surface area contributed by atoms with Gasteiger partial charge in [0.25, 0.3) is 10.1 Å². The number of fused-ring (bicyclic) bond motifs is 3. The van der Waals surface area contributed by atoms with Gasteiger partial charge in [-0.25, -0.2) is 4.18 Å². The van der Waals surface area contributed by atoms with Gasteiger partial charge in [-0.05, 0) is 24.2 Å². The van der Waals surface area contributed by atoms with Crippen molar-refractivity contribution in [3.8, 4) is 0 Å². The zero-order chi connectivity index (χ0) is 9.01. The van der Waals surface area contributed by atoms with E-state index in [1.165, 1.54) is 0 Å². The number of hydrogen-bond donors (Lipinski definition) is 1. The first kappa shape index (κ1) is 7.20. The maximum absolute atomic E-state index is 11.5. The van der Waals surface area contributed by atoms with Gasteiger partial charge in [0.05, 0.1) is 5.25 Å². The summed E-state index contributed by atoms with van der Waals surface area (Å²) in [6.45, 7) is 0. The van der Waals surface area contributed by atoms with Crippen molar-refractivity contribution in [2.45, 2.75) is 23.9 Å². The molecule has 0 aromatic heterocycles. The third-order valence-corrected chi connectivity index (χ3v) is 6.19. The van der Waals surface area contributed by atoms with Crippen molar-refractivity contribution in [3.05, 3.63) is 0 Å². The molecular formula is C8H10O4S. The SMILES string of the molecule is O=S1(=O)OC2(O)CC3C4C(CC31)C42. The van der Waals surface area contributed by atoms with Gasteiger partial charge in [0.15, 0.2) is 5.79 Å². The fourth-order valence-corrected chi connectivity index (χ4v) is 5.91. The second-order valence-electron chi connectivity index (χ2n) is 4.83. The van der Waals surface area contributed by atoms with E-state index in [4.69, 9.17) is 4.18 Å². The lowest BCUT2D eigenvalue weighted by molar-refractivity contribution is -0.153. The molecule has 1 heterocycles. The first-order valence-corrected chi connectivity index (χ1v) is 6.17. The van der Waals surface area contributed by atoms with Crippen molar-refractivity contribution in [1.82, 2.24) is 0 Å². The van der Waals surface area contributed by atoms with E-state index in [2.05, 4.69) is 0 Å². The molecule has 4 rings (SSSR count). The molecule has 13 heavy (non-hydrogen) atoms. The monoisotopic (exact) mass is 202 g/mol. The molecule has 1 N–H and O–H groups in total. The number of aliphatic hydroxyl groups is 1. The molecule has 5 heteroatoms. The van der Waals surface area contributed by atoms with Gasteiger partial charge in [-0.1, -0.05) is 0 Å². The summed E-state index contributed by atoms with van der Waals surface area (Å²) in [5, 5.41) is 9.66. The van der Waals surface area contributed by atoms with E-state index in [-0.39, 0.29) is 17.1 Å². The van der Waals surface area contributed by atoms with Crippen molar-refractivity contribution in [2.24, 2.45) is 23.7 Å². The Morgan fingerprint density at radius 3 is 2.85 bits per heavy atom. The van der Waals surface area contributed by atoms with Crippen molar-refractivity contribution in [3.63, 3.8) is 0 Å². The average Bonchev–Trinajstić information content (AvgIpc) is 2.55. The predicted octanol–water partition coefficient (Wildman–Crippen LogP) is -0.311. The van der Waals surface area contributed by atoms with Crippen molar-refractivity contribution >= 4 is 10.1 Å². The van der Waals surface area contributed by atoms with Crippen LogP contribution in [-0.4, -0.2) is 24.6 Å². The minimum Gasteiger partial charge on any atom is -0.364 e. The molecule has 72 valence electrons. The molecule has 6 atom stereocenters. The van der Waals surface area contributed by atoms with E-state index in [0.29, 0.717) is 18.3 Å². The van der Waals surface area contributed by atoms with E-state index in [0.717, 1.165) is 6.42 Å². The molecule has 0 radical (unpaired) electrons. The predicted molar refractivity (Wildman–Crippen MR) is 41.9 cm³/mol. The topological polar surface area (TPSA) is 63.6 Å². The Kier molecular flexibility index (Phi) is 0.871. The minimum atomic E-state index is -3.46. The Bertz CT molecular complexity index is 402. The van der Waals surface area contributed by atoms with Crippen LogP contribution in [-0.2, 0) is 14.3 Å². The normalized spacial score (nSPS) is 69.8. The fraction of sp³-hybridized carbons (Fsp3) is 1.00. The van der Waals surface area contributed by atoms with E-state index >= 15 is 0 Å². The molecule has 4 fully saturated rings. The maximum atomic E-state index is 11.5. The quantitative estimate of drug-likeness (QED) is 0.547. The van der Waals surface area contributed by atoms with Crippen LogP contribution in [0.4, 0.5) is 0 Å². The van der Waals surface area contributed by atoms with E-state index < -0.39 is 15.9 Å². The maximum Gasteiger partial charge on any atom is 0.273 e. The van der Waals surface area contributed by atoms with Crippen LogP contribution in [0.2, 0.25) is 0 Å². The Hall–Kier alpha value is -0.130. The Morgan fingerprint density at radius 2 is 2.15 bits per heavy atom.